The maximum atomic E-state index is 12.1. The highest BCUT2D eigenvalue weighted by Gasteiger charge is 2.07. The van der Waals surface area contributed by atoms with E-state index < -0.39 is 0 Å². The summed E-state index contributed by atoms with van der Waals surface area (Å²) in [6.45, 7) is 1.93. The topological polar surface area (TPSA) is 72.5 Å². The van der Waals surface area contributed by atoms with Gasteiger partial charge in [-0.2, -0.15) is 0 Å². The van der Waals surface area contributed by atoms with Crippen molar-refractivity contribution in [1.29, 1.82) is 0 Å². The number of benzene rings is 1. The Kier molecular flexibility index (Phi) is 7.72. The van der Waals surface area contributed by atoms with Gasteiger partial charge < -0.3 is 20.1 Å². The van der Waals surface area contributed by atoms with Crippen LogP contribution in [0.3, 0.4) is 0 Å². The van der Waals surface area contributed by atoms with Gasteiger partial charge >= 0.3 is 0 Å². The molecule has 1 aromatic carbocycles. The molecule has 0 aliphatic heterocycles. The summed E-state index contributed by atoms with van der Waals surface area (Å²) in [7, 11) is 3.32. The molecule has 0 spiro atoms. The Labute approximate surface area is 148 Å². The number of rotatable bonds is 10. The number of pyridine rings is 1. The highest BCUT2D eigenvalue weighted by atomic mass is 16.5. The smallest absolute Gasteiger partial charge is 0.252 e. The standard InChI is InChI=1S/C19H25N3O3/c1-24-11-5-9-22-19(23)16-12-17(14-20-13-16)21-10-8-15-6-3-4-7-18(15)25-2/h3-4,6-7,12-14,21H,5,8-11H2,1-2H3,(H,22,23). The fourth-order valence-corrected chi connectivity index (χ4v) is 2.43. The van der Waals surface area contributed by atoms with E-state index in [9.17, 15) is 4.79 Å². The van der Waals surface area contributed by atoms with Crippen LogP contribution in [0.4, 0.5) is 5.69 Å². The molecule has 0 unspecified atom stereocenters. The molecule has 0 bridgehead atoms. The fourth-order valence-electron chi connectivity index (χ4n) is 2.43. The maximum Gasteiger partial charge on any atom is 0.252 e. The summed E-state index contributed by atoms with van der Waals surface area (Å²) < 4.78 is 10.3. The molecule has 1 aromatic heterocycles. The van der Waals surface area contributed by atoms with E-state index >= 15 is 0 Å². The van der Waals surface area contributed by atoms with Gasteiger partial charge in [-0.05, 0) is 30.5 Å². The highest BCUT2D eigenvalue weighted by Crippen LogP contribution is 2.18. The number of methoxy groups -OCH3 is 2. The van der Waals surface area contributed by atoms with Gasteiger partial charge in [-0.15, -0.1) is 0 Å². The Bertz CT molecular complexity index is 676. The third-order valence-electron chi connectivity index (χ3n) is 3.73. The summed E-state index contributed by atoms with van der Waals surface area (Å²) in [5.74, 6) is 0.753. The monoisotopic (exact) mass is 343 g/mol. The number of nitrogens with one attached hydrogen (secondary N) is 2. The van der Waals surface area contributed by atoms with E-state index in [1.165, 1.54) is 0 Å². The van der Waals surface area contributed by atoms with Crippen molar-refractivity contribution in [3.63, 3.8) is 0 Å². The molecule has 0 saturated carbocycles. The molecule has 25 heavy (non-hydrogen) atoms. The SMILES string of the molecule is COCCCNC(=O)c1cncc(NCCc2ccccc2OC)c1. The van der Waals surface area contributed by atoms with Crippen molar-refractivity contribution in [1.82, 2.24) is 10.3 Å². The van der Waals surface area contributed by atoms with Gasteiger partial charge in [0.1, 0.15) is 5.75 Å². The van der Waals surface area contributed by atoms with Crippen LogP contribution in [0.2, 0.25) is 0 Å². The molecule has 2 rings (SSSR count). The van der Waals surface area contributed by atoms with Gasteiger partial charge in [0.15, 0.2) is 0 Å². The van der Waals surface area contributed by atoms with E-state index in [0.717, 1.165) is 36.4 Å². The second kappa shape index (κ2) is 10.3. The summed E-state index contributed by atoms with van der Waals surface area (Å²) in [6, 6.07) is 9.75. The number of carbonyl (C=O) groups is 1. The van der Waals surface area contributed by atoms with Crippen molar-refractivity contribution < 1.29 is 14.3 Å². The maximum absolute atomic E-state index is 12.1. The van der Waals surface area contributed by atoms with Gasteiger partial charge in [0.25, 0.3) is 5.91 Å². The Hall–Kier alpha value is -2.60. The number of ether oxygens (including phenoxy) is 2. The van der Waals surface area contributed by atoms with E-state index in [1.807, 2.05) is 24.3 Å². The molecule has 0 saturated heterocycles. The van der Waals surface area contributed by atoms with Crippen LogP contribution < -0.4 is 15.4 Å². The molecule has 134 valence electrons. The molecule has 1 heterocycles. The van der Waals surface area contributed by atoms with Crippen molar-refractivity contribution >= 4 is 11.6 Å². The zero-order valence-electron chi connectivity index (χ0n) is 14.7. The number of carbonyl (C=O) groups excluding carboxylic acids is 1. The first-order valence-corrected chi connectivity index (χ1v) is 8.32. The van der Waals surface area contributed by atoms with Gasteiger partial charge in [-0.1, -0.05) is 18.2 Å². The summed E-state index contributed by atoms with van der Waals surface area (Å²) in [4.78, 5) is 16.2. The van der Waals surface area contributed by atoms with Crippen LogP contribution in [-0.4, -0.2) is 44.8 Å². The summed E-state index contributed by atoms with van der Waals surface area (Å²) >= 11 is 0. The van der Waals surface area contributed by atoms with Gasteiger partial charge in [0.05, 0.1) is 18.4 Å². The van der Waals surface area contributed by atoms with E-state index in [4.69, 9.17) is 9.47 Å². The van der Waals surface area contributed by atoms with Crippen LogP contribution in [-0.2, 0) is 11.2 Å². The van der Waals surface area contributed by atoms with Crippen LogP contribution in [0.15, 0.2) is 42.7 Å². The van der Waals surface area contributed by atoms with Crippen molar-refractivity contribution in [2.24, 2.45) is 0 Å². The van der Waals surface area contributed by atoms with Crippen molar-refractivity contribution in [3.05, 3.63) is 53.9 Å². The van der Waals surface area contributed by atoms with Gasteiger partial charge in [-0.25, -0.2) is 0 Å². The molecule has 0 aliphatic carbocycles. The number of amides is 1. The van der Waals surface area contributed by atoms with Crippen LogP contribution in [0.5, 0.6) is 5.75 Å². The minimum atomic E-state index is -0.128. The molecule has 2 aromatic rings. The zero-order valence-corrected chi connectivity index (χ0v) is 14.7. The zero-order chi connectivity index (χ0) is 17.9. The predicted molar refractivity (Wildman–Crippen MR) is 98.3 cm³/mol. The van der Waals surface area contributed by atoms with Gasteiger partial charge in [0, 0.05) is 39.2 Å². The van der Waals surface area contributed by atoms with Crippen LogP contribution in [0.25, 0.3) is 0 Å². The van der Waals surface area contributed by atoms with E-state index in [0.29, 0.717) is 18.7 Å². The van der Waals surface area contributed by atoms with Crippen LogP contribution in [0.1, 0.15) is 22.3 Å². The molecule has 0 aliphatic rings. The number of para-hydroxylation sites is 1. The quantitative estimate of drug-likeness (QED) is 0.649. The van der Waals surface area contributed by atoms with Crippen LogP contribution >= 0.6 is 0 Å². The Morgan fingerprint density at radius 2 is 2.00 bits per heavy atom. The predicted octanol–water partition coefficient (Wildman–Crippen LogP) is 2.51. The van der Waals surface area contributed by atoms with E-state index in [1.54, 1.807) is 32.7 Å². The Balaban J connectivity index is 1.85. The number of anilines is 1. The van der Waals surface area contributed by atoms with E-state index in [-0.39, 0.29) is 5.91 Å². The summed E-state index contributed by atoms with van der Waals surface area (Å²) in [5, 5.41) is 6.15. The second-order valence-corrected chi connectivity index (χ2v) is 5.55. The largest absolute Gasteiger partial charge is 0.496 e. The first-order valence-electron chi connectivity index (χ1n) is 8.32. The number of aromatic nitrogens is 1. The fraction of sp³-hybridized carbons (Fsp3) is 0.368. The molecule has 6 heteroatoms. The van der Waals surface area contributed by atoms with Crippen LogP contribution in [0, 0.1) is 0 Å². The van der Waals surface area contributed by atoms with E-state index in [2.05, 4.69) is 15.6 Å². The molecule has 0 radical (unpaired) electrons. The second-order valence-electron chi connectivity index (χ2n) is 5.55. The Morgan fingerprint density at radius 1 is 1.16 bits per heavy atom. The third kappa shape index (κ3) is 6.08. The summed E-state index contributed by atoms with van der Waals surface area (Å²) in [6.07, 6.45) is 4.88. The molecular formula is C19H25N3O3. The number of hydrogen-bond donors (Lipinski definition) is 2. The number of nitrogens with zero attached hydrogens (tertiary/aromatic N) is 1. The lowest BCUT2D eigenvalue weighted by molar-refractivity contribution is 0.0948. The molecule has 6 nitrogen and oxygen atoms in total. The van der Waals surface area contributed by atoms with Crippen molar-refractivity contribution in [3.8, 4) is 5.75 Å². The lowest BCUT2D eigenvalue weighted by atomic mass is 10.1. The summed E-state index contributed by atoms with van der Waals surface area (Å²) in [5.41, 5.74) is 2.50. The minimum absolute atomic E-state index is 0.128. The average Bonchev–Trinajstić information content (AvgIpc) is 2.65. The third-order valence-corrected chi connectivity index (χ3v) is 3.73. The molecule has 0 atom stereocenters. The minimum Gasteiger partial charge on any atom is -0.496 e. The number of hydrogen-bond acceptors (Lipinski definition) is 5. The molecule has 1 amide bonds. The van der Waals surface area contributed by atoms with Crippen molar-refractivity contribution in [2.45, 2.75) is 12.8 Å². The molecule has 2 N–H and O–H groups in total. The lowest BCUT2D eigenvalue weighted by Gasteiger charge is -2.10. The molecular weight excluding hydrogens is 318 g/mol. The average molecular weight is 343 g/mol. The van der Waals surface area contributed by atoms with Gasteiger partial charge in [0.2, 0.25) is 0 Å². The normalized spacial score (nSPS) is 10.3. The van der Waals surface area contributed by atoms with Gasteiger partial charge in [-0.3, -0.25) is 9.78 Å². The van der Waals surface area contributed by atoms with Crippen molar-refractivity contribution in [2.75, 3.05) is 39.2 Å². The molecule has 0 fully saturated rings. The highest BCUT2D eigenvalue weighted by molar-refractivity contribution is 5.94. The lowest BCUT2D eigenvalue weighted by Crippen LogP contribution is -2.25. The first-order chi connectivity index (χ1) is 12.2. The first kappa shape index (κ1) is 18.7. The Morgan fingerprint density at radius 3 is 2.80 bits per heavy atom.